The summed E-state index contributed by atoms with van der Waals surface area (Å²) in [5.41, 5.74) is 2.39. The van der Waals surface area contributed by atoms with E-state index in [0.717, 1.165) is 22.8 Å². The normalized spacial score (nSPS) is 10.4. The molecule has 0 aliphatic rings. The number of aryl methyl sites for hydroxylation is 1. The molecule has 3 heteroatoms. The molecule has 1 heterocycles. The third-order valence-electron chi connectivity index (χ3n) is 2.37. The van der Waals surface area contributed by atoms with E-state index in [1.54, 1.807) is 11.8 Å². The van der Waals surface area contributed by atoms with Gasteiger partial charge in [0.2, 0.25) is 0 Å². The highest BCUT2D eigenvalue weighted by Crippen LogP contribution is 2.16. The summed E-state index contributed by atoms with van der Waals surface area (Å²) in [6, 6.07) is 10.3. The quantitative estimate of drug-likeness (QED) is 0.598. The van der Waals surface area contributed by atoms with E-state index in [0.29, 0.717) is 0 Å². The van der Waals surface area contributed by atoms with Crippen LogP contribution in [0.4, 0.5) is 0 Å². The van der Waals surface area contributed by atoms with Crippen molar-refractivity contribution in [3.05, 3.63) is 53.5 Å². The SMILES string of the molecule is CSc1nc(Cc2ccccc2)ncc1C. The molecule has 0 fully saturated rings. The predicted molar refractivity (Wildman–Crippen MR) is 67.8 cm³/mol. The maximum absolute atomic E-state index is 4.54. The van der Waals surface area contributed by atoms with Crippen molar-refractivity contribution in [1.29, 1.82) is 0 Å². The predicted octanol–water partition coefficient (Wildman–Crippen LogP) is 3.10. The number of benzene rings is 1. The Kier molecular flexibility index (Phi) is 3.57. The van der Waals surface area contributed by atoms with E-state index >= 15 is 0 Å². The Morgan fingerprint density at radius 2 is 1.94 bits per heavy atom. The van der Waals surface area contributed by atoms with Crippen LogP contribution in [0.2, 0.25) is 0 Å². The Balaban J connectivity index is 2.22. The lowest BCUT2D eigenvalue weighted by atomic mass is 10.1. The van der Waals surface area contributed by atoms with Crippen molar-refractivity contribution in [2.24, 2.45) is 0 Å². The molecule has 2 nitrogen and oxygen atoms in total. The van der Waals surface area contributed by atoms with E-state index in [4.69, 9.17) is 0 Å². The lowest BCUT2D eigenvalue weighted by Gasteiger charge is -2.04. The van der Waals surface area contributed by atoms with Gasteiger partial charge in [-0.2, -0.15) is 0 Å². The van der Waals surface area contributed by atoms with Crippen molar-refractivity contribution in [3.63, 3.8) is 0 Å². The van der Waals surface area contributed by atoms with Crippen LogP contribution in [-0.4, -0.2) is 16.2 Å². The van der Waals surface area contributed by atoms with Crippen molar-refractivity contribution in [3.8, 4) is 0 Å². The lowest BCUT2D eigenvalue weighted by Crippen LogP contribution is -1.99. The van der Waals surface area contributed by atoms with Crippen LogP contribution in [0.15, 0.2) is 41.6 Å². The maximum Gasteiger partial charge on any atom is 0.133 e. The summed E-state index contributed by atoms with van der Waals surface area (Å²) in [7, 11) is 0. The lowest BCUT2D eigenvalue weighted by molar-refractivity contribution is 0.891. The first-order valence-electron chi connectivity index (χ1n) is 5.20. The summed E-state index contributed by atoms with van der Waals surface area (Å²) in [5, 5.41) is 1.07. The van der Waals surface area contributed by atoms with E-state index in [1.807, 2.05) is 37.6 Å². The van der Waals surface area contributed by atoms with Crippen molar-refractivity contribution in [2.45, 2.75) is 18.4 Å². The molecule has 2 aromatic rings. The molecular formula is C13H14N2S. The number of thioether (sulfide) groups is 1. The number of nitrogens with zero attached hydrogens (tertiary/aromatic N) is 2. The van der Waals surface area contributed by atoms with Crippen molar-refractivity contribution in [2.75, 3.05) is 6.26 Å². The van der Waals surface area contributed by atoms with Crippen molar-refractivity contribution in [1.82, 2.24) is 9.97 Å². The molecule has 2 rings (SSSR count). The number of aromatic nitrogens is 2. The van der Waals surface area contributed by atoms with E-state index in [9.17, 15) is 0 Å². The molecule has 0 saturated carbocycles. The van der Waals surface area contributed by atoms with Crippen molar-refractivity contribution < 1.29 is 0 Å². The number of hydrogen-bond donors (Lipinski definition) is 0. The fraction of sp³-hybridized carbons (Fsp3) is 0.231. The summed E-state index contributed by atoms with van der Waals surface area (Å²) in [4.78, 5) is 8.90. The Morgan fingerprint density at radius 1 is 1.19 bits per heavy atom. The van der Waals surface area contributed by atoms with Gasteiger partial charge in [-0.15, -0.1) is 11.8 Å². The summed E-state index contributed by atoms with van der Waals surface area (Å²) >= 11 is 1.67. The van der Waals surface area contributed by atoms with E-state index < -0.39 is 0 Å². The standard InChI is InChI=1S/C13H14N2S/c1-10-9-14-12(15-13(10)16-2)8-11-6-4-3-5-7-11/h3-7,9H,8H2,1-2H3. The molecule has 0 amide bonds. The zero-order valence-corrected chi connectivity index (χ0v) is 10.3. The molecule has 0 atom stereocenters. The van der Waals surface area contributed by atoms with Crippen LogP contribution >= 0.6 is 11.8 Å². The molecule has 0 spiro atoms. The van der Waals surface area contributed by atoms with Crippen LogP contribution in [0.3, 0.4) is 0 Å². The molecule has 0 aliphatic carbocycles. The first kappa shape index (κ1) is 11.1. The highest BCUT2D eigenvalue weighted by Gasteiger charge is 2.03. The van der Waals surface area contributed by atoms with Gasteiger partial charge in [0, 0.05) is 12.6 Å². The topological polar surface area (TPSA) is 25.8 Å². The molecule has 16 heavy (non-hydrogen) atoms. The Bertz CT molecular complexity index is 469. The highest BCUT2D eigenvalue weighted by atomic mass is 32.2. The van der Waals surface area contributed by atoms with Gasteiger partial charge in [0.05, 0.1) is 0 Å². The Hall–Kier alpha value is -1.35. The third-order valence-corrected chi connectivity index (χ3v) is 3.17. The van der Waals surface area contributed by atoms with Gasteiger partial charge < -0.3 is 0 Å². The van der Waals surface area contributed by atoms with Crippen LogP contribution < -0.4 is 0 Å². The minimum Gasteiger partial charge on any atom is -0.241 e. The molecule has 0 radical (unpaired) electrons. The molecule has 1 aromatic carbocycles. The minimum absolute atomic E-state index is 0.800. The largest absolute Gasteiger partial charge is 0.241 e. The monoisotopic (exact) mass is 230 g/mol. The molecule has 0 unspecified atom stereocenters. The van der Waals surface area contributed by atoms with Crippen LogP contribution in [0.1, 0.15) is 17.0 Å². The molecule has 1 aromatic heterocycles. The third kappa shape index (κ3) is 2.61. The summed E-state index contributed by atoms with van der Waals surface area (Å²) in [6.07, 6.45) is 4.74. The van der Waals surface area contributed by atoms with Crippen LogP contribution in [-0.2, 0) is 6.42 Å². The first-order chi connectivity index (χ1) is 7.79. The fourth-order valence-corrected chi connectivity index (χ4v) is 2.10. The summed E-state index contributed by atoms with van der Waals surface area (Å²) in [5.74, 6) is 0.890. The van der Waals surface area contributed by atoms with Crippen molar-refractivity contribution >= 4 is 11.8 Å². The second-order valence-corrected chi connectivity index (χ2v) is 4.44. The van der Waals surface area contributed by atoms with Crippen LogP contribution in [0, 0.1) is 6.92 Å². The second-order valence-electron chi connectivity index (χ2n) is 3.64. The second kappa shape index (κ2) is 5.12. The van der Waals surface area contributed by atoms with Gasteiger partial charge in [-0.1, -0.05) is 30.3 Å². The van der Waals surface area contributed by atoms with Gasteiger partial charge in [-0.05, 0) is 24.3 Å². The molecule has 0 N–H and O–H groups in total. The fourth-order valence-electron chi connectivity index (χ4n) is 1.53. The molecule has 0 bridgehead atoms. The van der Waals surface area contributed by atoms with Crippen LogP contribution in [0.5, 0.6) is 0 Å². The average molecular weight is 230 g/mol. The van der Waals surface area contributed by atoms with Gasteiger partial charge in [-0.25, -0.2) is 9.97 Å². The van der Waals surface area contributed by atoms with Gasteiger partial charge in [0.25, 0.3) is 0 Å². The molecule has 82 valence electrons. The van der Waals surface area contributed by atoms with Gasteiger partial charge in [0.15, 0.2) is 0 Å². The van der Waals surface area contributed by atoms with Gasteiger partial charge >= 0.3 is 0 Å². The smallest absolute Gasteiger partial charge is 0.133 e. The summed E-state index contributed by atoms with van der Waals surface area (Å²) < 4.78 is 0. The van der Waals surface area contributed by atoms with Crippen LogP contribution in [0.25, 0.3) is 0 Å². The molecule has 0 aliphatic heterocycles. The highest BCUT2D eigenvalue weighted by molar-refractivity contribution is 7.98. The maximum atomic E-state index is 4.54. The van der Waals surface area contributed by atoms with E-state index in [1.165, 1.54) is 5.56 Å². The first-order valence-corrected chi connectivity index (χ1v) is 6.42. The van der Waals surface area contributed by atoms with Gasteiger partial charge in [0.1, 0.15) is 10.9 Å². The summed E-state index contributed by atoms with van der Waals surface area (Å²) in [6.45, 7) is 2.04. The van der Waals surface area contributed by atoms with Gasteiger partial charge in [-0.3, -0.25) is 0 Å². The Morgan fingerprint density at radius 3 is 2.62 bits per heavy atom. The molecular weight excluding hydrogens is 216 g/mol. The Labute approximate surface area is 100 Å². The number of rotatable bonds is 3. The average Bonchev–Trinajstić information content (AvgIpc) is 2.33. The number of hydrogen-bond acceptors (Lipinski definition) is 3. The molecule has 0 saturated heterocycles. The zero-order chi connectivity index (χ0) is 11.4. The van der Waals surface area contributed by atoms with E-state index in [-0.39, 0.29) is 0 Å². The van der Waals surface area contributed by atoms with E-state index in [2.05, 4.69) is 22.1 Å². The minimum atomic E-state index is 0.800. The zero-order valence-electron chi connectivity index (χ0n) is 9.47.